The van der Waals surface area contributed by atoms with Gasteiger partial charge in [0.15, 0.2) is 0 Å². The van der Waals surface area contributed by atoms with Crippen molar-refractivity contribution >= 4 is 52.5 Å². The molecule has 0 aliphatic heterocycles. The number of benzene rings is 2. The third-order valence-corrected chi connectivity index (χ3v) is 4.57. The summed E-state index contributed by atoms with van der Waals surface area (Å²) in [5, 5.41) is 1.27. The van der Waals surface area contributed by atoms with Crippen molar-refractivity contribution in [3.63, 3.8) is 0 Å². The molecule has 0 N–H and O–H groups in total. The summed E-state index contributed by atoms with van der Waals surface area (Å²) in [6.07, 6.45) is 1.92. The molecule has 110 valence electrons. The van der Waals surface area contributed by atoms with Gasteiger partial charge in [0.05, 0.1) is 10.6 Å². The molecule has 0 saturated carbocycles. The number of hydrogen-bond donors (Lipinski definition) is 0. The van der Waals surface area contributed by atoms with Crippen LogP contribution in [-0.2, 0) is 11.3 Å². The molecule has 0 amide bonds. The second-order valence-corrected chi connectivity index (χ2v) is 6.22. The fourth-order valence-electron chi connectivity index (χ4n) is 1.67. The first kappa shape index (κ1) is 16.5. The van der Waals surface area contributed by atoms with E-state index in [-0.39, 0.29) is 6.61 Å². The first-order chi connectivity index (χ1) is 10.0. The lowest BCUT2D eigenvalue weighted by Crippen LogP contribution is -2.06. The van der Waals surface area contributed by atoms with Gasteiger partial charge < -0.3 is 4.74 Å². The first-order valence-electron chi connectivity index (χ1n) is 5.96. The van der Waals surface area contributed by atoms with Crippen LogP contribution in [0.4, 0.5) is 0 Å². The Kier molecular flexibility index (Phi) is 5.82. The molecule has 0 aliphatic carbocycles. The molecule has 0 bridgehead atoms. The molecule has 2 rings (SSSR count). The SMILES string of the molecule is CSc1ccc(Cl)c(C(=O)OCc2c(Cl)cccc2Cl)c1. The zero-order chi connectivity index (χ0) is 15.4. The minimum absolute atomic E-state index is 0.00281. The van der Waals surface area contributed by atoms with Gasteiger partial charge in [0, 0.05) is 20.5 Å². The molecule has 0 aromatic heterocycles. The third kappa shape index (κ3) is 4.07. The molecule has 21 heavy (non-hydrogen) atoms. The van der Waals surface area contributed by atoms with Gasteiger partial charge in [-0.1, -0.05) is 40.9 Å². The second-order valence-electron chi connectivity index (χ2n) is 4.12. The average molecular weight is 362 g/mol. The molecule has 0 atom stereocenters. The van der Waals surface area contributed by atoms with E-state index in [9.17, 15) is 4.79 Å². The molecule has 0 unspecified atom stereocenters. The van der Waals surface area contributed by atoms with Crippen LogP contribution in [0.2, 0.25) is 15.1 Å². The Morgan fingerprint density at radius 1 is 1.10 bits per heavy atom. The van der Waals surface area contributed by atoms with E-state index in [4.69, 9.17) is 39.5 Å². The summed E-state index contributed by atoms with van der Waals surface area (Å²) < 4.78 is 5.25. The van der Waals surface area contributed by atoms with Crippen molar-refractivity contribution in [1.82, 2.24) is 0 Å². The highest BCUT2D eigenvalue weighted by molar-refractivity contribution is 7.98. The molecule has 2 aromatic carbocycles. The highest BCUT2D eigenvalue weighted by atomic mass is 35.5. The van der Waals surface area contributed by atoms with Crippen molar-refractivity contribution in [2.24, 2.45) is 0 Å². The molecular formula is C15H11Cl3O2S. The van der Waals surface area contributed by atoms with E-state index in [1.54, 1.807) is 30.3 Å². The smallest absolute Gasteiger partial charge is 0.340 e. The highest BCUT2D eigenvalue weighted by Gasteiger charge is 2.14. The molecular weight excluding hydrogens is 351 g/mol. The summed E-state index contributed by atoms with van der Waals surface area (Å²) >= 11 is 19.6. The van der Waals surface area contributed by atoms with Crippen LogP contribution in [0.25, 0.3) is 0 Å². The lowest BCUT2D eigenvalue weighted by Gasteiger charge is -2.10. The Balaban J connectivity index is 2.15. The molecule has 6 heteroatoms. The van der Waals surface area contributed by atoms with Gasteiger partial charge in [-0.3, -0.25) is 0 Å². The van der Waals surface area contributed by atoms with Crippen molar-refractivity contribution < 1.29 is 9.53 Å². The van der Waals surface area contributed by atoms with E-state index in [2.05, 4.69) is 0 Å². The number of thioether (sulfide) groups is 1. The quantitative estimate of drug-likeness (QED) is 0.514. The maximum Gasteiger partial charge on any atom is 0.340 e. The number of carbonyl (C=O) groups is 1. The zero-order valence-electron chi connectivity index (χ0n) is 11.0. The number of esters is 1. The Bertz CT molecular complexity index is 654. The number of halogens is 3. The Labute approximate surface area is 142 Å². The van der Waals surface area contributed by atoms with Gasteiger partial charge in [0.2, 0.25) is 0 Å². The number of hydrogen-bond acceptors (Lipinski definition) is 3. The lowest BCUT2D eigenvalue weighted by atomic mass is 10.2. The molecule has 0 aliphatic rings. The Hall–Kier alpha value is -0.870. The molecule has 2 aromatic rings. The summed E-state index contributed by atoms with van der Waals surface area (Å²) in [7, 11) is 0. The van der Waals surface area contributed by atoms with E-state index in [0.29, 0.717) is 26.2 Å². The molecule has 2 nitrogen and oxygen atoms in total. The minimum atomic E-state index is -0.508. The van der Waals surface area contributed by atoms with E-state index in [1.165, 1.54) is 11.8 Å². The molecule has 0 spiro atoms. The summed E-state index contributed by atoms with van der Waals surface area (Å²) in [5.74, 6) is -0.508. The van der Waals surface area contributed by atoms with Crippen molar-refractivity contribution in [2.75, 3.05) is 6.26 Å². The summed E-state index contributed by atoms with van der Waals surface area (Å²) in [6.45, 7) is -0.00281. The van der Waals surface area contributed by atoms with Gasteiger partial charge >= 0.3 is 5.97 Å². The van der Waals surface area contributed by atoms with Gasteiger partial charge in [0.25, 0.3) is 0 Å². The first-order valence-corrected chi connectivity index (χ1v) is 8.32. The van der Waals surface area contributed by atoms with Crippen LogP contribution in [0.15, 0.2) is 41.3 Å². The van der Waals surface area contributed by atoms with E-state index in [0.717, 1.165) is 4.90 Å². The highest BCUT2D eigenvalue weighted by Crippen LogP contribution is 2.27. The predicted molar refractivity (Wildman–Crippen MR) is 88.8 cm³/mol. The average Bonchev–Trinajstić information content (AvgIpc) is 2.47. The zero-order valence-corrected chi connectivity index (χ0v) is 14.1. The van der Waals surface area contributed by atoms with Crippen molar-refractivity contribution in [3.05, 3.63) is 62.6 Å². The normalized spacial score (nSPS) is 10.5. The van der Waals surface area contributed by atoms with Crippen LogP contribution < -0.4 is 0 Å². The summed E-state index contributed by atoms with van der Waals surface area (Å²) in [5.41, 5.74) is 0.901. The topological polar surface area (TPSA) is 26.3 Å². The van der Waals surface area contributed by atoms with Crippen LogP contribution in [-0.4, -0.2) is 12.2 Å². The third-order valence-electron chi connectivity index (χ3n) is 2.80. The van der Waals surface area contributed by atoms with E-state index in [1.807, 2.05) is 12.3 Å². The van der Waals surface area contributed by atoms with E-state index >= 15 is 0 Å². The Morgan fingerprint density at radius 2 is 1.76 bits per heavy atom. The minimum Gasteiger partial charge on any atom is -0.457 e. The van der Waals surface area contributed by atoms with Crippen LogP contribution >= 0.6 is 46.6 Å². The molecule has 0 saturated heterocycles. The van der Waals surface area contributed by atoms with Crippen LogP contribution in [0.5, 0.6) is 0 Å². The maximum atomic E-state index is 12.1. The summed E-state index contributed by atoms with van der Waals surface area (Å²) in [6, 6.07) is 10.3. The van der Waals surface area contributed by atoms with Crippen molar-refractivity contribution in [2.45, 2.75) is 11.5 Å². The van der Waals surface area contributed by atoms with Crippen LogP contribution in [0, 0.1) is 0 Å². The number of rotatable bonds is 4. The fraction of sp³-hybridized carbons (Fsp3) is 0.133. The van der Waals surface area contributed by atoms with Crippen LogP contribution in [0.1, 0.15) is 15.9 Å². The number of carbonyl (C=O) groups excluding carboxylic acids is 1. The second kappa shape index (κ2) is 7.41. The van der Waals surface area contributed by atoms with Gasteiger partial charge in [-0.2, -0.15) is 0 Å². The maximum absolute atomic E-state index is 12.1. The van der Waals surface area contributed by atoms with Crippen LogP contribution in [0.3, 0.4) is 0 Å². The van der Waals surface area contributed by atoms with Crippen molar-refractivity contribution in [1.29, 1.82) is 0 Å². The Morgan fingerprint density at radius 3 is 2.38 bits per heavy atom. The van der Waals surface area contributed by atoms with E-state index < -0.39 is 5.97 Å². The lowest BCUT2D eigenvalue weighted by molar-refractivity contribution is 0.0473. The van der Waals surface area contributed by atoms with Gasteiger partial charge in [-0.05, 0) is 36.6 Å². The summed E-state index contributed by atoms with van der Waals surface area (Å²) in [4.78, 5) is 13.1. The van der Waals surface area contributed by atoms with Crippen molar-refractivity contribution in [3.8, 4) is 0 Å². The predicted octanol–water partition coefficient (Wildman–Crippen LogP) is 5.73. The molecule has 0 radical (unpaired) electrons. The molecule has 0 fully saturated rings. The van der Waals surface area contributed by atoms with Gasteiger partial charge in [-0.15, -0.1) is 11.8 Å². The number of ether oxygens (including phenoxy) is 1. The van der Waals surface area contributed by atoms with Gasteiger partial charge in [-0.25, -0.2) is 4.79 Å². The molecule has 0 heterocycles. The largest absolute Gasteiger partial charge is 0.457 e. The fourth-order valence-corrected chi connectivity index (χ4v) is 2.81. The monoisotopic (exact) mass is 360 g/mol. The standard InChI is InChI=1S/C15H11Cl3O2S/c1-21-9-5-6-14(18)10(7-9)15(19)20-8-11-12(16)3-2-4-13(11)17/h2-7H,8H2,1H3. The van der Waals surface area contributed by atoms with Gasteiger partial charge in [0.1, 0.15) is 6.61 Å².